The van der Waals surface area contributed by atoms with Crippen LogP contribution in [0.2, 0.25) is 5.02 Å². The molecule has 0 aliphatic rings. The molecule has 0 radical (unpaired) electrons. The minimum Gasteiger partial charge on any atom is -0.339 e. The summed E-state index contributed by atoms with van der Waals surface area (Å²) in [7, 11) is 0. The molecule has 2 aromatic rings. The fourth-order valence-electron chi connectivity index (χ4n) is 1.95. The van der Waals surface area contributed by atoms with Crippen molar-refractivity contribution in [2.45, 2.75) is 33.1 Å². The smallest absolute Gasteiger partial charge is 0.227 e. The molecule has 0 amide bonds. The summed E-state index contributed by atoms with van der Waals surface area (Å²) in [4.78, 5) is 4.30. The molecule has 21 heavy (non-hydrogen) atoms. The molecule has 6 heteroatoms. The Balaban J connectivity index is 2.22. The molecule has 0 aliphatic heterocycles. The maximum Gasteiger partial charge on any atom is 0.227 e. The Bertz CT molecular complexity index is 680. The lowest BCUT2D eigenvalue weighted by Crippen LogP contribution is -2.18. The molecule has 2 rings (SSSR count). The monoisotopic (exact) mass is 307 g/mol. The van der Waals surface area contributed by atoms with Crippen LogP contribution in [0.1, 0.15) is 32.6 Å². The second-order valence-corrected chi connectivity index (χ2v) is 5.72. The quantitative estimate of drug-likeness (QED) is 0.821. The molecule has 0 aliphatic carbocycles. The van der Waals surface area contributed by atoms with E-state index in [1.807, 2.05) is 13.8 Å². The van der Waals surface area contributed by atoms with Crippen LogP contribution >= 0.6 is 11.6 Å². The fraction of sp³-hybridized carbons (Fsp3) is 0.400. The summed E-state index contributed by atoms with van der Waals surface area (Å²) in [5.74, 6) is 0.337. The van der Waals surface area contributed by atoms with Gasteiger partial charge in [-0.05, 0) is 30.0 Å². The molecule has 1 unspecified atom stereocenters. The van der Waals surface area contributed by atoms with Crippen LogP contribution in [0.15, 0.2) is 22.7 Å². The van der Waals surface area contributed by atoms with E-state index in [1.54, 1.807) is 6.07 Å². The molecule has 0 N–H and O–H groups in total. The highest BCUT2D eigenvalue weighted by molar-refractivity contribution is 6.31. The van der Waals surface area contributed by atoms with Gasteiger partial charge >= 0.3 is 0 Å². The van der Waals surface area contributed by atoms with Gasteiger partial charge in [0.25, 0.3) is 0 Å². The third kappa shape index (κ3) is 3.59. The summed E-state index contributed by atoms with van der Waals surface area (Å²) >= 11 is 5.74. The standard InChI is InChI=1S/C15H15ClFN3O/c1-3-15(2,6-7-18)9-13-19-14(20-21-13)10-4-5-12(17)11(16)8-10/h4-5,8H,3,6,9H2,1-2H3. The highest BCUT2D eigenvalue weighted by Crippen LogP contribution is 2.30. The summed E-state index contributed by atoms with van der Waals surface area (Å²) < 4.78 is 18.4. The molecular weight excluding hydrogens is 293 g/mol. The van der Waals surface area contributed by atoms with E-state index >= 15 is 0 Å². The van der Waals surface area contributed by atoms with Crippen molar-refractivity contribution in [1.82, 2.24) is 10.1 Å². The van der Waals surface area contributed by atoms with Gasteiger partial charge in [0.2, 0.25) is 11.7 Å². The van der Waals surface area contributed by atoms with Crippen LogP contribution in [-0.2, 0) is 6.42 Å². The molecule has 1 aromatic carbocycles. The minimum absolute atomic E-state index is 0.0155. The van der Waals surface area contributed by atoms with Crippen LogP contribution in [0.5, 0.6) is 0 Å². The van der Waals surface area contributed by atoms with E-state index in [1.165, 1.54) is 12.1 Å². The lowest BCUT2D eigenvalue weighted by Gasteiger charge is -2.22. The third-order valence-corrected chi connectivity index (χ3v) is 3.87. The topological polar surface area (TPSA) is 62.7 Å². The van der Waals surface area contributed by atoms with Gasteiger partial charge in [-0.15, -0.1) is 0 Å². The van der Waals surface area contributed by atoms with Crippen LogP contribution in [0, 0.1) is 22.6 Å². The molecule has 0 spiro atoms. The van der Waals surface area contributed by atoms with Crippen LogP contribution in [0.25, 0.3) is 11.4 Å². The van der Waals surface area contributed by atoms with Gasteiger partial charge in [-0.25, -0.2) is 4.39 Å². The van der Waals surface area contributed by atoms with Crippen molar-refractivity contribution in [2.75, 3.05) is 0 Å². The van der Waals surface area contributed by atoms with E-state index in [2.05, 4.69) is 16.2 Å². The minimum atomic E-state index is -0.489. The molecular formula is C15H15ClFN3O. The van der Waals surface area contributed by atoms with Crippen molar-refractivity contribution in [3.8, 4) is 17.5 Å². The average molecular weight is 308 g/mol. The Hall–Kier alpha value is -1.93. The number of rotatable bonds is 5. The number of hydrogen-bond acceptors (Lipinski definition) is 4. The summed E-state index contributed by atoms with van der Waals surface area (Å²) in [6, 6.07) is 6.45. The van der Waals surface area contributed by atoms with E-state index in [0.717, 1.165) is 6.42 Å². The first-order valence-corrected chi connectivity index (χ1v) is 7.00. The van der Waals surface area contributed by atoms with Crippen LogP contribution < -0.4 is 0 Å². The van der Waals surface area contributed by atoms with Gasteiger partial charge in [-0.1, -0.05) is 30.6 Å². The molecule has 0 saturated carbocycles. The van der Waals surface area contributed by atoms with Crippen LogP contribution in [0.4, 0.5) is 4.39 Å². The Kier molecular flexibility index (Phi) is 4.59. The summed E-state index contributed by atoms with van der Waals surface area (Å²) in [5.41, 5.74) is 0.397. The zero-order valence-electron chi connectivity index (χ0n) is 11.9. The Morgan fingerprint density at radius 3 is 2.86 bits per heavy atom. The van der Waals surface area contributed by atoms with Gasteiger partial charge in [-0.3, -0.25) is 0 Å². The molecule has 0 saturated heterocycles. The predicted molar refractivity (Wildman–Crippen MR) is 77.0 cm³/mol. The Morgan fingerprint density at radius 2 is 2.24 bits per heavy atom. The van der Waals surface area contributed by atoms with Gasteiger partial charge in [-0.2, -0.15) is 10.2 Å². The van der Waals surface area contributed by atoms with Crippen molar-refractivity contribution >= 4 is 11.6 Å². The van der Waals surface area contributed by atoms with Gasteiger partial charge in [0, 0.05) is 18.4 Å². The molecule has 4 nitrogen and oxygen atoms in total. The normalized spacial score (nSPS) is 13.7. The number of hydrogen-bond donors (Lipinski definition) is 0. The number of nitrogens with zero attached hydrogens (tertiary/aromatic N) is 3. The molecule has 1 heterocycles. The van der Waals surface area contributed by atoms with Crippen molar-refractivity contribution in [2.24, 2.45) is 5.41 Å². The predicted octanol–water partition coefficient (Wildman–Crippen LogP) is 4.40. The number of nitriles is 1. The molecule has 0 bridgehead atoms. The SMILES string of the molecule is CCC(C)(CC#N)Cc1nc(-c2ccc(F)c(Cl)c2)no1. The number of aromatic nitrogens is 2. The van der Waals surface area contributed by atoms with E-state index in [4.69, 9.17) is 21.4 Å². The molecule has 110 valence electrons. The van der Waals surface area contributed by atoms with E-state index in [-0.39, 0.29) is 10.4 Å². The van der Waals surface area contributed by atoms with Crippen LogP contribution in [0.3, 0.4) is 0 Å². The largest absolute Gasteiger partial charge is 0.339 e. The maximum atomic E-state index is 13.1. The molecule has 1 aromatic heterocycles. The Morgan fingerprint density at radius 1 is 1.48 bits per heavy atom. The fourth-order valence-corrected chi connectivity index (χ4v) is 2.13. The van der Waals surface area contributed by atoms with Crippen LogP contribution in [-0.4, -0.2) is 10.1 Å². The first-order valence-electron chi connectivity index (χ1n) is 6.62. The third-order valence-electron chi connectivity index (χ3n) is 3.58. The molecule has 1 atom stereocenters. The Labute approximate surface area is 127 Å². The van der Waals surface area contributed by atoms with E-state index < -0.39 is 5.82 Å². The van der Waals surface area contributed by atoms with Crippen molar-refractivity contribution < 1.29 is 8.91 Å². The summed E-state index contributed by atoms with van der Waals surface area (Å²) in [6.07, 6.45) is 1.78. The van der Waals surface area contributed by atoms with Gasteiger partial charge in [0.05, 0.1) is 11.1 Å². The second-order valence-electron chi connectivity index (χ2n) is 5.32. The zero-order chi connectivity index (χ0) is 15.5. The van der Waals surface area contributed by atoms with Crippen molar-refractivity contribution in [3.05, 3.63) is 34.9 Å². The first-order chi connectivity index (χ1) is 9.97. The van der Waals surface area contributed by atoms with Gasteiger partial charge in [0.15, 0.2) is 0 Å². The van der Waals surface area contributed by atoms with E-state index in [9.17, 15) is 4.39 Å². The van der Waals surface area contributed by atoms with Crippen molar-refractivity contribution in [1.29, 1.82) is 5.26 Å². The second kappa shape index (κ2) is 6.23. The van der Waals surface area contributed by atoms with E-state index in [0.29, 0.717) is 30.1 Å². The number of halogens is 2. The lowest BCUT2D eigenvalue weighted by molar-refractivity contribution is 0.266. The summed E-state index contributed by atoms with van der Waals surface area (Å²) in [5, 5.41) is 12.8. The average Bonchev–Trinajstić information content (AvgIpc) is 2.90. The number of benzene rings is 1. The van der Waals surface area contributed by atoms with Gasteiger partial charge in [0.1, 0.15) is 5.82 Å². The summed E-state index contributed by atoms with van der Waals surface area (Å²) in [6.45, 7) is 4.03. The first kappa shape index (κ1) is 15.5. The maximum absolute atomic E-state index is 13.1. The van der Waals surface area contributed by atoms with Gasteiger partial charge < -0.3 is 4.52 Å². The highest BCUT2D eigenvalue weighted by atomic mass is 35.5. The highest BCUT2D eigenvalue weighted by Gasteiger charge is 2.25. The zero-order valence-corrected chi connectivity index (χ0v) is 12.6. The molecule has 0 fully saturated rings. The van der Waals surface area contributed by atoms with Crippen molar-refractivity contribution in [3.63, 3.8) is 0 Å². The lowest BCUT2D eigenvalue weighted by atomic mass is 9.81.